The molecule has 0 aliphatic heterocycles. The van der Waals surface area contributed by atoms with Crippen molar-refractivity contribution in [2.45, 2.75) is 46.8 Å². The summed E-state index contributed by atoms with van der Waals surface area (Å²) in [4.78, 5) is 25.2. The van der Waals surface area contributed by atoms with E-state index >= 15 is 0 Å². The number of carbonyl (C=O) groups excluding carboxylic acids is 2. The van der Waals surface area contributed by atoms with Gasteiger partial charge in [-0.15, -0.1) is 0 Å². The van der Waals surface area contributed by atoms with E-state index in [0.29, 0.717) is 17.1 Å². The van der Waals surface area contributed by atoms with Gasteiger partial charge in [-0.2, -0.15) is 5.10 Å². The highest BCUT2D eigenvalue weighted by molar-refractivity contribution is 14.1. The molecule has 1 atom stereocenters. The maximum atomic E-state index is 12.7. The lowest BCUT2D eigenvalue weighted by molar-refractivity contribution is -0.123. The topological polar surface area (TPSA) is 89.0 Å². The first-order valence-electron chi connectivity index (χ1n) is 10.4. The van der Waals surface area contributed by atoms with E-state index in [2.05, 4.69) is 38.4 Å². The smallest absolute Gasteiger partial charge is 0.262 e. The van der Waals surface area contributed by atoms with Crippen LogP contribution < -0.4 is 20.2 Å². The fraction of sp³-hybridized carbons (Fsp3) is 0.375. The number of amides is 2. The Morgan fingerprint density at radius 3 is 2.31 bits per heavy atom. The zero-order valence-corrected chi connectivity index (χ0v) is 21.4. The summed E-state index contributed by atoms with van der Waals surface area (Å²) in [5.74, 6) is 0.445. The van der Waals surface area contributed by atoms with Gasteiger partial charge in [-0.05, 0) is 79.1 Å². The van der Waals surface area contributed by atoms with E-state index in [1.807, 2.05) is 52.8 Å². The third kappa shape index (κ3) is 7.22. The number of nitrogens with zero attached hydrogens (tertiary/aromatic N) is 1. The highest BCUT2D eigenvalue weighted by Gasteiger charge is 2.24. The van der Waals surface area contributed by atoms with Crippen molar-refractivity contribution < 1.29 is 19.1 Å². The summed E-state index contributed by atoms with van der Waals surface area (Å²) in [6.07, 6.45) is 1.54. The Morgan fingerprint density at radius 2 is 1.75 bits per heavy atom. The Bertz CT molecular complexity index is 972. The van der Waals surface area contributed by atoms with Crippen molar-refractivity contribution in [3.05, 3.63) is 56.7 Å². The summed E-state index contributed by atoms with van der Waals surface area (Å²) in [7, 11) is 1.57. The van der Waals surface area contributed by atoms with Crippen LogP contribution in [0.15, 0.2) is 41.5 Å². The van der Waals surface area contributed by atoms with Gasteiger partial charge in [0.1, 0.15) is 6.04 Å². The van der Waals surface area contributed by atoms with Gasteiger partial charge in [0.05, 0.1) is 23.0 Å². The lowest BCUT2D eigenvalue weighted by atomic mass is 10.0. The molecule has 0 saturated carbocycles. The van der Waals surface area contributed by atoms with Crippen molar-refractivity contribution in [1.29, 1.82) is 0 Å². The molecule has 0 aliphatic rings. The molecule has 2 N–H and O–H groups in total. The number of nitrogens with one attached hydrogen (secondary N) is 2. The zero-order chi connectivity index (χ0) is 23.8. The van der Waals surface area contributed by atoms with Crippen LogP contribution in [0.5, 0.6) is 11.5 Å². The van der Waals surface area contributed by atoms with Gasteiger partial charge in [0, 0.05) is 5.56 Å². The standard InChI is InChI=1S/C24H30IN3O4/c1-14(2)21(27-23(29)18-9-7-16(5)8-10-18)24(30)28-26-13-17-11-19(25)22(32-15(3)4)20(12-17)31-6/h7-15,21H,1-6H3,(H,27,29)(H,28,30). The monoisotopic (exact) mass is 551 g/mol. The normalized spacial score (nSPS) is 12.2. The minimum Gasteiger partial charge on any atom is -0.493 e. The predicted molar refractivity (Wildman–Crippen MR) is 134 cm³/mol. The fourth-order valence-electron chi connectivity index (χ4n) is 2.87. The van der Waals surface area contributed by atoms with Crippen molar-refractivity contribution in [2.24, 2.45) is 11.0 Å². The summed E-state index contributed by atoms with van der Waals surface area (Å²) in [5, 5.41) is 6.86. The van der Waals surface area contributed by atoms with Crippen molar-refractivity contribution in [1.82, 2.24) is 10.7 Å². The molecule has 0 aromatic heterocycles. The van der Waals surface area contributed by atoms with Gasteiger partial charge in [0.15, 0.2) is 11.5 Å². The SMILES string of the molecule is COc1cc(C=NNC(=O)C(NC(=O)c2ccc(C)cc2)C(C)C)cc(I)c1OC(C)C. The third-order valence-electron chi connectivity index (χ3n) is 4.54. The molecule has 0 saturated heterocycles. The average Bonchev–Trinajstić information content (AvgIpc) is 2.73. The molecular weight excluding hydrogens is 521 g/mol. The van der Waals surface area contributed by atoms with Crippen LogP contribution in [0.4, 0.5) is 0 Å². The lowest BCUT2D eigenvalue weighted by Gasteiger charge is -2.20. The van der Waals surface area contributed by atoms with Gasteiger partial charge >= 0.3 is 0 Å². The number of rotatable bonds is 9. The first-order valence-corrected chi connectivity index (χ1v) is 11.4. The second-order valence-corrected chi connectivity index (χ2v) is 9.16. The molecule has 0 spiro atoms. The predicted octanol–water partition coefficient (Wildman–Crippen LogP) is 4.30. The summed E-state index contributed by atoms with van der Waals surface area (Å²) < 4.78 is 12.1. The number of aryl methyl sites for hydroxylation is 1. The van der Waals surface area contributed by atoms with Gasteiger partial charge < -0.3 is 14.8 Å². The quantitative estimate of drug-likeness (QED) is 0.277. The number of carbonyl (C=O) groups is 2. The van der Waals surface area contributed by atoms with Crippen molar-refractivity contribution in [3.8, 4) is 11.5 Å². The molecule has 1 unspecified atom stereocenters. The summed E-state index contributed by atoms with van der Waals surface area (Å²) in [6.45, 7) is 9.58. The van der Waals surface area contributed by atoms with E-state index in [9.17, 15) is 9.59 Å². The fourth-order valence-corrected chi connectivity index (χ4v) is 3.62. The molecule has 32 heavy (non-hydrogen) atoms. The number of methoxy groups -OCH3 is 1. The van der Waals surface area contributed by atoms with Crippen LogP contribution in [0, 0.1) is 16.4 Å². The first kappa shape index (κ1) is 25.6. The van der Waals surface area contributed by atoms with Crippen molar-refractivity contribution in [2.75, 3.05) is 7.11 Å². The average molecular weight is 551 g/mol. The molecule has 0 fully saturated rings. The minimum atomic E-state index is -0.725. The van der Waals surface area contributed by atoms with Gasteiger partial charge in [0.2, 0.25) is 0 Å². The lowest BCUT2D eigenvalue weighted by Crippen LogP contribution is -2.48. The molecule has 0 bridgehead atoms. The largest absolute Gasteiger partial charge is 0.493 e. The highest BCUT2D eigenvalue weighted by Crippen LogP contribution is 2.34. The molecule has 0 radical (unpaired) electrons. The second kappa shape index (κ2) is 11.8. The maximum Gasteiger partial charge on any atom is 0.262 e. The van der Waals surface area contributed by atoms with Crippen LogP contribution in [0.1, 0.15) is 49.2 Å². The van der Waals surface area contributed by atoms with Crippen LogP contribution in [0.3, 0.4) is 0 Å². The third-order valence-corrected chi connectivity index (χ3v) is 5.34. The van der Waals surface area contributed by atoms with E-state index in [1.54, 1.807) is 25.3 Å². The summed E-state index contributed by atoms with van der Waals surface area (Å²) in [5.41, 5.74) is 4.83. The summed E-state index contributed by atoms with van der Waals surface area (Å²) in [6, 6.07) is 10.1. The number of benzene rings is 2. The van der Waals surface area contributed by atoms with Crippen LogP contribution in [0.2, 0.25) is 0 Å². The molecule has 2 rings (SSSR count). The van der Waals surface area contributed by atoms with Gasteiger partial charge in [-0.25, -0.2) is 5.43 Å². The van der Waals surface area contributed by atoms with Crippen molar-refractivity contribution in [3.63, 3.8) is 0 Å². The Kier molecular flexibility index (Phi) is 9.49. The zero-order valence-electron chi connectivity index (χ0n) is 19.2. The van der Waals surface area contributed by atoms with Crippen LogP contribution >= 0.6 is 22.6 Å². The molecule has 2 aromatic carbocycles. The molecular formula is C24H30IN3O4. The number of halogens is 1. The Balaban J connectivity index is 2.08. The van der Waals surface area contributed by atoms with Crippen LogP contribution in [-0.2, 0) is 4.79 Å². The Hall–Kier alpha value is -2.62. The molecule has 172 valence electrons. The number of ether oxygens (including phenoxy) is 2. The van der Waals surface area contributed by atoms with Crippen molar-refractivity contribution >= 4 is 40.6 Å². The van der Waals surface area contributed by atoms with E-state index < -0.39 is 11.9 Å². The van der Waals surface area contributed by atoms with E-state index in [4.69, 9.17) is 9.47 Å². The minimum absolute atomic E-state index is 0.0132. The number of hydrazone groups is 1. The number of hydrogen-bond acceptors (Lipinski definition) is 5. The molecule has 0 heterocycles. The van der Waals surface area contributed by atoms with Gasteiger partial charge in [-0.1, -0.05) is 31.5 Å². The first-order chi connectivity index (χ1) is 15.1. The molecule has 8 heteroatoms. The molecule has 0 aliphatic carbocycles. The summed E-state index contributed by atoms with van der Waals surface area (Å²) >= 11 is 2.17. The molecule has 2 amide bonds. The van der Waals surface area contributed by atoms with Gasteiger partial charge in [0.25, 0.3) is 11.8 Å². The Morgan fingerprint density at radius 1 is 1.09 bits per heavy atom. The number of hydrogen-bond donors (Lipinski definition) is 2. The van der Waals surface area contributed by atoms with E-state index in [-0.39, 0.29) is 17.9 Å². The van der Waals surface area contributed by atoms with Gasteiger partial charge in [-0.3, -0.25) is 9.59 Å². The van der Waals surface area contributed by atoms with Crippen LogP contribution in [0.25, 0.3) is 0 Å². The molecule has 2 aromatic rings. The van der Waals surface area contributed by atoms with Crippen LogP contribution in [-0.4, -0.2) is 37.3 Å². The maximum absolute atomic E-state index is 12.7. The van der Waals surface area contributed by atoms with E-state index in [1.165, 1.54) is 6.21 Å². The molecule has 7 nitrogen and oxygen atoms in total. The second-order valence-electron chi connectivity index (χ2n) is 8.00. The van der Waals surface area contributed by atoms with E-state index in [0.717, 1.165) is 14.7 Å². The Labute approximate surface area is 203 Å². The highest BCUT2D eigenvalue weighted by atomic mass is 127.